The van der Waals surface area contributed by atoms with E-state index in [0.717, 1.165) is 24.7 Å². The summed E-state index contributed by atoms with van der Waals surface area (Å²) in [6.45, 7) is 14.7. The maximum absolute atomic E-state index is 11.5. The van der Waals surface area contributed by atoms with Gasteiger partial charge in [0.05, 0.1) is 0 Å². The van der Waals surface area contributed by atoms with E-state index in [9.17, 15) is 4.79 Å². The van der Waals surface area contributed by atoms with Crippen LogP contribution in [0.2, 0.25) is 0 Å². The van der Waals surface area contributed by atoms with Gasteiger partial charge in [-0.3, -0.25) is 0 Å². The summed E-state index contributed by atoms with van der Waals surface area (Å²) in [5, 5.41) is 0. The van der Waals surface area contributed by atoms with E-state index in [0.29, 0.717) is 5.92 Å². The highest BCUT2D eigenvalue weighted by atomic mass is 16.1. The van der Waals surface area contributed by atoms with Crippen LogP contribution < -0.4 is 0 Å². The quantitative estimate of drug-likeness (QED) is 0.514. The van der Waals surface area contributed by atoms with Gasteiger partial charge in [-0.1, -0.05) is 38.0 Å². The highest BCUT2D eigenvalue weighted by Gasteiger charge is 2.46. The molecule has 0 radical (unpaired) electrons. The van der Waals surface area contributed by atoms with Gasteiger partial charge in [-0.25, -0.2) is 0 Å². The fourth-order valence-corrected chi connectivity index (χ4v) is 3.12. The van der Waals surface area contributed by atoms with E-state index in [1.54, 1.807) is 0 Å². The number of rotatable bonds is 4. The molecule has 0 bridgehead atoms. The molecule has 2 atom stereocenters. The zero-order chi connectivity index (χ0) is 12.6. The fourth-order valence-electron chi connectivity index (χ4n) is 3.12. The molecule has 16 heavy (non-hydrogen) atoms. The van der Waals surface area contributed by atoms with Gasteiger partial charge in [-0.05, 0) is 38.0 Å². The number of allylic oxidation sites excluding steroid dienone is 3. The van der Waals surface area contributed by atoms with Crippen molar-refractivity contribution in [2.45, 2.75) is 47.5 Å². The molecule has 0 saturated carbocycles. The lowest BCUT2D eigenvalue weighted by atomic mass is 9.62. The molecule has 0 aromatic heterocycles. The fraction of sp³-hybridized carbons (Fsp3) is 0.667. The van der Waals surface area contributed by atoms with Crippen LogP contribution in [0.4, 0.5) is 0 Å². The predicted molar refractivity (Wildman–Crippen MR) is 69.2 cm³/mol. The lowest BCUT2D eigenvalue weighted by Crippen LogP contribution is -2.37. The van der Waals surface area contributed by atoms with E-state index >= 15 is 0 Å². The second-order valence-corrected chi connectivity index (χ2v) is 6.15. The van der Waals surface area contributed by atoms with Crippen molar-refractivity contribution in [2.75, 3.05) is 0 Å². The van der Waals surface area contributed by atoms with Crippen molar-refractivity contribution < 1.29 is 4.79 Å². The largest absolute Gasteiger partial charge is 0.303 e. The zero-order valence-corrected chi connectivity index (χ0v) is 11.3. The molecule has 0 amide bonds. The van der Waals surface area contributed by atoms with E-state index in [1.165, 1.54) is 5.57 Å². The van der Waals surface area contributed by atoms with Gasteiger partial charge in [-0.15, -0.1) is 6.58 Å². The molecule has 1 rings (SSSR count). The van der Waals surface area contributed by atoms with Crippen LogP contribution in [0.15, 0.2) is 23.8 Å². The standard InChI is InChI=1S/C15H24O/c1-11(2)9-15(6,10-16)13-8-7-12(3)14(13,4)5/h7,10,13H,1,8-9H2,2-6H3. The SMILES string of the molecule is C=C(C)CC(C)(C=O)C1CC=C(C)C1(C)C. The molecule has 1 heteroatoms. The van der Waals surface area contributed by atoms with E-state index in [4.69, 9.17) is 0 Å². The van der Waals surface area contributed by atoms with Crippen molar-refractivity contribution in [1.82, 2.24) is 0 Å². The average Bonchev–Trinajstić information content (AvgIpc) is 2.41. The summed E-state index contributed by atoms with van der Waals surface area (Å²) in [6.07, 6.45) is 5.23. The molecule has 1 aliphatic carbocycles. The minimum absolute atomic E-state index is 0.130. The first-order chi connectivity index (χ1) is 7.24. The molecule has 0 fully saturated rings. The van der Waals surface area contributed by atoms with Gasteiger partial charge in [0.1, 0.15) is 6.29 Å². The lowest BCUT2D eigenvalue weighted by Gasteiger charge is -2.40. The van der Waals surface area contributed by atoms with Crippen molar-refractivity contribution in [3.63, 3.8) is 0 Å². The molecule has 0 spiro atoms. The second kappa shape index (κ2) is 4.20. The summed E-state index contributed by atoms with van der Waals surface area (Å²) in [5.74, 6) is 0.397. The monoisotopic (exact) mass is 220 g/mol. The van der Waals surface area contributed by atoms with Crippen LogP contribution in [0.1, 0.15) is 47.5 Å². The minimum atomic E-state index is -0.274. The average molecular weight is 220 g/mol. The lowest BCUT2D eigenvalue weighted by molar-refractivity contribution is -0.119. The first-order valence-electron chi connectivity index (χ1n) is 6.02. The molecule has 1 aliphatic rings. The maximum atomic E-state index is 11.5. The summed E-state index contributed by atoms with van der Waals surface area (Å²) in [5.41, 5.74) is 2.36. The summed E-state index contributed by atoms with van der Waals surface area (Å²) in [6, 6.07) is 0. The Hall–Kier alpha value is -0.850. The van der Waals surface area contributed by atoms with Gasteiger partial charge >= 0.3 is 0 Å². The molecule has 0 N–H and O–H groups in total. The van der Waals surface area contributed by atoms with Gasteiger partial charge in [0.15, 0.2) is 0 Å². The van der Waals surface area contributed by atoms with Crippen LogP contribution in [0, 0.1) is 16.7 Å². The van der Waals surface area contributed by atoms with E-state index < -0.39 is 0 Å². The van der Waals surface area contributed by atoms with Crippen LogP contribution in [-0.2, 0) is 4.79 Å². The molecule has 0 aromatic rings. The van der Waals surface area contributed by atoms with Crippen molar-refractivity contribution >= 4 is 6.29 Å². The molecule has 0 aromatic carbocycles. The van der Waals surface area contributed by atoms with Crippen LogP contribution in [0.3, 0.4) is 0 Å². The van der Waals surface area contributed by atoms with E-state index in [-0.39, 0.29) is 10.8 Å². The van der Waals surface area contributed by atoms with Crippen molar-refractivity contribution in [3.05, 3.63) is 23.8 Å². The van der Waals surface area contributed by atoms with Gasteiger partial charge in [0.25, 0.3) is 0 Å². The van der Waals surface area contributed by atoms with Crippen molar-refractivity contribution in [3.8, 4) is 0 Å². The Morgan fingerprint density at radius 3 is 2.56 bits per heavy atom. The third kappa shape index (κ3) is 2.14. The van der Waals surface area contributed by atoms with Crippen LogP contribution >= 0.6 is 0 Å². The molecular weight excluding hydrogens is 196 g/mol. The summed E-state index contributed by atoms with van der Waals surface area (Å²) >= 11 is 0. The Bertz CT molecular complexity index is 335. The van der Waals surface area contributed by atoms with Crippen molar-refractivity contribution in [2.24, 2.45) is 16.7 Å². The summed E-state index contributed by atoms with van der Waals surface area (Å²) in [7, 11) is 0. The summed E-state index contributed by atoms with van der Waals surface area (Å²) in [4.78, 5) is 11.5. The highest BCUT2D eigenvalue weighted by Crippen LogP contribution is 2.52. The molecule has 2 unspecified atom stereocenters. The highest BCUT2D eigenvalue weighted by molar-refractivity contribution is 5.61. The predicted octanol–water partition coefficient (Wildman–Crippen LogP) is 4.15. The van der Waals surface area contributed by atoms with Crippen molar-refractivity contribution in [1.29, 1.82) is 0 Å². The Kier molecular flexibility index (Phi) is 3.47. The van der Waals surface area contributed by atoms with Gasteiger partial charge < -0.3 is 4.79 Å². The van der Waals surface area contributed by atoms with Gasteiger partial charge in [0.2, 0.25) is 0 Å². The van der Waals surface area contributed by atoms with Crippen LogP contribution in [-0.4, -0.2) is 6.29 Å². The first kappa shape index (κ1) is 13.2. The van der Waals surface area contributed by atoms with E-state index in [1.807, 2.05) is 6.92 Å². The zero-order valence-electron chi connectivity index (χ0n) is 11.3. The summed E-state index contributed by atoms with van der Waals surface area (Å²) < 4.78 is 0. The number of carbonyl (C=O) groups is 1. The maximum Gasteiger partial charge on any atom is 0.126 e. The normalized spacial score (nSPS) is 27.1. The third-order valence-corrected chi connectivity index (χ3v) is 4.30. The topological polar surface area (TPSA) is 17.1 Å². The molecule has 0 heterocycles. The number of carbonyl (C=O) groups excluding carboxylic acids is 1. The molecule has 90 valence electrons. The van der Waals surface area contributed by atoms with Crippen LogP contribution in [0.5, 0.6) is 0 Å². The Labute approximate surface area is 99.6 Å². The molecule has 0 aliphatic heterocycles. The number of hydrogen-bond donors (Lipinski definition) is 0. The smallest absolute Gasteiger partial charge is 0.126 e. The van der Waals surface area contributed by atoms with Gasteiger partial charge in [-0.2, -0.15) is 0 Å². The molecular formula is C15H24O. The Morgan fingerprint density at radius 1 is 1.69 bits per heavy atom. The minimum Gasteiger partial charge on any atom is -0.303 e. The first-order valence-corrected chi connectivity index (χ1v) is 6.02. The van der Waals surface area contributed by atoms with Gasteiger partial charge in [0, 0.05) is 5.41 Å². The molecule has 1 nitrogen and oxygen atoms in total. The number of hydrogen-bond acceptors (Lipinski definition) is 1. The molecule has 0 saturated heterocycles. The van der Waals surface area contributed by atoms with E-state index in [2.05, 4.69) is 40.3 Å². The third-order valence-electron chi connectivity index (χ3n) is 4.30. The Morgan fingerprint density at radius 2 is 2.25 bits per heavy atom. The number of aldehydes is 1. The van der Waals surface area contributed by atoms with Crippen LogP contribution in [0.25, 0.3) is 0 Å². The second-order valence-electron chi connectivity index (χ2n) is 6.15. The Balaban J connectivity index is 3.00.